The van der Waals surface area contributed by atoms with Crippen LogP contribution in [0.3, 0.4) is 0 Å². The van der Waals surface area contributed by atoms with Gasteiger partial charge in [0, 0.05) is 7.05 Å². The van der Waals surface area contributed by atoms with Crippen LogP contribution in [0.15, 0.2) is 34.6 Å². The molecule has 17 heavy (non-hydrogen) atoms. The molecule has 0 spiro atoms. The van der Waals surface area contributed by atoms with Crippen molar-refractivity contribution in [2.45, 2.75) is 6.92 Å². The number of nitrogens with two attached hydrogens (primary N) is 1. The maximum absolute atomic E-state index is 5.29. The Hall–Kier alpha value is -2.37. The molecule has 0 aliphatic rings. The number of para-hydroxylation sites is 2. The lowest BCUT2D eigenvalue weighted by Crippen LogP contribution is -2.04. The molecule has 0 aliphatic carbocycles. The number of hydrogen-bond donors (Lipinski definition) is 1. The molecule has 1 heterocycles. The largest absolute Gasteiger partial charge is 0.385 e. The zero-order chi connectivity index (χ0) is 12.3. The highest BCUT2D eigenvalue weighted by atomic mass is 16.8. The second-order valence-electron chi connectivity index (χ2n) is 3.57. The van der Waals surface area contributed by atoms with Crippen LogP contribution < -0.4 is 5.73 Å². The Bertz CT molecular complexity index is 581. The number of aryl methyl sites for hydroxylation is 1. The highest BCUT2D eigenvalue weighted by molar-refractivity contribution is 5.84. The first kappa shape index (κ1) is 11.1. The van der Waals surface area contributed by atoms with E-state index >= 15 is 0 Å². The molecule has 1 aromatic heterocycles. The summed E-state index contributed by atoms with van der Waals surface area (Å²) in [6.45, 7) is 1.62. The maximum atomic E-state index is 5.29. The molecule has 0 aliphatic heterocycles. The predicted molar refractivity (Wildman–Crippen MR) is 66.7 cm³/mol. The van der Waals surface area contributed by atoms with Gasteiger partial charge >= 0.3 is 0 Å². The number of imidazole rings is 1. The number of rotatable bonds is 3. The number of nitrogens with zero attached hydrogens (tertiary/aromatic N) is 4. The van der Waals surface area contributed by atoms with Crippen LogP contribution in [0.1, 0.15) is 12.7 Å². The number of fused-ring (bicyclic) bond motifs is 1. The van der Waals surface area contributed by atoms with Gasteiger partial charge < -0.3 is 10.3 Å². The lowest BCUT2D eigenvalue weighted by atomic mass is 10.3. The highest BCUT2D eigenvalue weighted by Crippen LogP contribution is 2.12. The van der Waals surface area contributed by atoms with Gasteiger partial charge in [0.1, 0.15) is 12.1 Å². The van der Waals surface area contributed by atoms with E-state index in [4.69, 9.17) is 5.73 Å². The zero-order valence-corrected chi connectivity index (χ0v) is 9.66. The number of aromatic nitrogens is 2. The standard InChI is InChI=1S/C11H13N5O/c1-8(12)15-17-13-7-11-14-9-5-3-4-6-10(9)16(11)2/h3-7H,1-2H3,(H2,12,15)/b13-7+. The van der Waals surface area contributed by atoms with E-state index in [0.717, 1.165) is 11.0 Å². The summed E-state index contributed by atoms with van der Waals surface area (Å²) in [5.41, 5.74) is 7.24. The van der Waals surface area contributed by atoms with Gasteiger partial charge in [0.25, 0.3) is 0 Å². The van der Waals surface area contributed by atoms with Gasteiger partial charge in [-0.3, -0.25) is 0 Å². The van der Waals surface area contributed by atoms with Gasteiger partial charge in [0.15, 0.2) is 5.82 Å². The van der Waals surface area contributed by atoms with Crippen LogP contribution in [0.4, 0.5) is 0 Å². The third kappa shape index (κ3) is 2.41. The average molecular weight is 231 g/mol. The summed E-state index contributed by atoms with van der Waals surface area (Å²) >= 11 is 0. The third-order valence-electron chi connectivity index (χ3n) is 2.22. The Balaban J connectivity index is 2.24. The fourth-order valence-corrected chi connectivity index (χ4v) is 1.44. The van der Waals surface area contributed by atoms with Gasteiger partial charge in [0.05, 0.1) is 11.0 Å². The molecule has 0 saturated carbocycles. The Morgan fingerprint density at radius 1 is 1.47 bits per heavy atom. The molecule has 2 N–H and O–H groups in total. The predicted octanol–water partition coefficient (Wildman–Crippen LogP) is 1.22. The number of benzene rings is 1. The molecule has 0 fully saturated rings. The summed E-state index contributed by atoms with van der Waals surface area (Å²) < 4.78 is 1.92. The van der Waals surface area contributed by atoms with Crippen molar-refractivity contribution in [3.63, 3.8) is 0 Å². The topological polar surface area (TPSA) is 77.8 Å². The van der Waals surface area contributed by atoms with Crippen LogP contribution in [0.25, 0.3) is 11.0 Å². The average Bonchev–Trinajstić information content (AvgIpc) is 2.63. The normalized spacial score (nSPS) is 12.5. The zero-order valence-electron chi connectivity index (χ0n) is 9.66. The SMILES string of the molecule is C/C(N)=N\O/N=C/c1nc2ccccc2n1C. The van der Waals surface area contributed by atoms with Gasteiger partial charge in [-0.1, -0.05) is 17.3 Å². The second-order valence-corrected chi connectivity index (χ2v) is 3.57. The summed E-state index contributed by atoms with van der Waals surface area (Å²) in [6.07, 6.45) is 1.49. The van der Waals surface area contributed by atoms with E-state index in [1.807, 2.05) is 35.9 Å². The summed E-state index contributed by atoms with van der Waals surface area (Å²) in [7, 11) is 1.91. The molecule has 6 heteroatoms. The van der Waals surface area contributed by atoms with Crippen molar-refractivity contribution in [2.75, 3.05) is 0 Å². The van der Waals surface area contributed by atoms with Crippen LogP contribution in [0, 0.1) is 0 Å². The minimum absolute atomic E-state index is 0.312. The molecule has 0 unspecified atom stereocenters. The quantitative estimate of drug-likeness (QED) is 0.490. The second kappa shape index (κ2) is 4.65. The van der Waals surface area contributed by atoms with E-state index in [-0.39, 0.29) is 0 Å². The van der Waals surface area contributed by atoms with E-state index in [1.165, 1.54) is 6.21 Å². The van der Waals surface area contributed by atoms with Crippen LogP contribution in [0.2, 0.25) is 0 Å². The summed E-state index contributed by atoms with van der Waals surface area (Å²) in [5, 5.41) is 7.14. The third-order valence-corrected chi connectivity index (χ3v) is 2.22. The molecule has 2 aromatic rings. The molecule has 6 nitrogen and oxygen atoms in total. The van der Waals surface area contributed by atoms with E-state index < -0.39 is 0 Å². The molecular weight excluding hydrogens is 218 g/mol. The molecule has 2 rings (SSSR count). The summed E-state index contributed by atoms with van der Waals surface area (Å²) in [5.74, 6) is 1.00. The van der Waals surface area contributed by atoms with Gasteiger partial charge in [-0.15, -0.1) is 0 Å². The Labute approximate surface area is 98.4 Å². The minimum Gasteiger partial charge on any atom is -0.385 e. The van der Waals surface area contributed by atoms with E-state index in [1.54, 1.807) is 6.92 Å². The molecule has 0 atom stereocenters. The minimum atomic E-state index is 0.312. The van der Waals surface area contributed by atoms with Crippen molar-refractivity contribution in [2.24, 2.45) is 23.1 Å². The van der Waals surface area contributed by atoms with Crippen molar-refractivity contribution < 1.29 is 4.94 Å². The maximum Gasteiger partial charge on any atom is 0.155 e. The molecule has 0 saturated heterocycles. The highest BCUT2D eigenvalue weighted by Gasteiger charge is 2.04. The van der Waals surface area contributed by atoms with Crippen molar-refractivity contribution in [1.29, 1.82) is 0 Å². The molecule has 1 aromatic carbocycles. The van der Waals surface area contributed by atoms with Crippen molar-refractivity contribution in [1.82, 2.24) is 9.55 Å². The van der Waals surface area contributed by atoms with E-state index in [9.17, 15) is 0 Å². The van der Waals surface area contributed by atoms with E-state index in [0.29, 0.717) is 11.7 Å². The first-order valence-corrected chi connectivity index (χ1v) is 5.09. The van der Waals surface area contributed by atoms with Gasteiger partial charge in [-0.25, -0.2) is 9.92 Å². The molecule has 0 bridgehead atoms. The smallest absolute Gasteiger partial charge is 0.155 e. The Kier molecular flexibility index (Phi) is 3.04. The lowest BCUT2D eigenvalue weighted by molar-refractivity contribution is 0.156. The lowest BCUT2D eigenvalue weighted by Gasteiger charge is -1.95. The summed E-state index contributed by atoms with van der Waals surface area (Å²) in [6, 6.07) is 7.83. The monoisotopic (exact) mass is 231 g/mol. The van der Waals surface area contributed by atoms with Crippen LogP contribution >= 0.6 is 0 Å². The number of amidine groups is 1. The van der Waals surface area contributed by atoms with Gasteiger partial charge in [-0.2, -0.15) is 0 Å². The van der Waals surface area contributed by atoms with Gasteiger partial charge in [0.2, 0.25) is 0 Å². The first-order chi connectivity index (χ1) is 8.18. The Morgan fingerprint density at radius 3 is 2.94 bits per heavy atom. The molecular formula is C11H13N5O. The molecule has 0 amide bonds. The van der Waals surface area contributed by atoms with Crippen molar-refractivity contribution in [3.8, 4) is 0 Å². The summed E-state index contributed by atoms with van der Waals surface area (Å²) in [4.78, 5) is 9.01. The van der Waals surface area contributed by atoms with Crippen LogP contribution in [-0.2, 0) is 12.0 Å². The molecule has 88 valence electrons. The molecule has 0 radical (unpaired) electrons. The van der Waals surface area contributed by atoms with Crippen molar-refractivity contribution >= 4 is 23.1 Å². The fraction of sp³-hybridized carbons (Fsp3) is 0.182. The Morgan fingerprint density at radius 2 is 2.24 bits per heavy atom. The number of oxime groups is 2. The fourth-order valence-electron chi connectivity index (χ4n) is 1.44. The number of hydrogen-bond acceptors (Lipinski definition) is 4. The van der Waals surface area contributed by atoms with Crippen molar-refractivity contribution in [3.05, 3.63) is 30.1 Å². The van der Waals surface area contributed by atoms with Gasteiger partial charge in [-0.05, 0) is 24.2 Å². The van der Waals surface area contributed by atoms with Crippen LogP contribution in [-0.4, -0.2) is 21.6 Å². The van der Waals surface area contributed by atoms with E-state index in [2.05, 4.69) is 20.2 Å². The first-order valence-electron chi connectivity index (χ1n) is 5.09. The van der Waals surface area contributed by atoms with Crippen LogP contribution in [0.5, 0.6) is 0 Å².